The lowest BCUT2D eigenvalue weighted by atomic mass is 9.86. The molecule has 1 heteroatoms. The van der Waals surface area contributed by atoms with Crippen LogP contribution in [0.5, 0.6) is 5.75 Å². The molecular formula is C17H28O. The molecule has 18 heavy (non-hydrogen) atoms. The van der Waals surface area contributed by atoms with Gasteiger partial charge in [0, 0.05) is 0 Å². The van der Waals surface area contributed by atoms with Gasteiger partial charge >= 0.3 is 0 Å². The molecule has 0 N–H and O–H groups in total. The summed E-state index contributed by atoms with van der Waals surface area (Å²) in [7, 11) is 0. The van der Waals surface area contributed by atoms with E-state index >= 15 is 0 Å². The molecule has 0 fully saturated rings. The molecule has 1 rings (SSSR count). The highest BCUT2D eigenvalue weighted by Crippen LogP contribution is 2.30. The molecule has 0 aliphatic rings. The molecule has 0 saturated heterocycles. The third-order valence-electron chi connectivity index (χ3n) is 3.20. The molecule has 0 bridgehead atoms. The van der Waals surface area contributed by atoms with Gasteiger partial charge in [-0.15, -0.1) is 0 Å². The van der Waals surface area contributed by atoms with Crippen molar-refractivity contribution in [3.05, 3.63) is 29.8 Å². The van der Waals surface area contributed by atoms with Crippen molar-refractivity contribution in [1.29, 1.82) is 0 Å². The predicted octanol–water partition coefficient (Wildman–Crippen LogP) is 5.33. The molecule has 0 aromatic heterocycles. The Labute approximate surface area is 113 Å². The zero-order valence-electron chi connectivity index (χ0n) is 12.5. The van der Waals surface area contributed by atoms with E-state index in [1.807, 2.05) is 0 Å². The van der Waals surface area contributed by atoms with Gasteiger partial charge in [0.15, 0.2) is 0 Å². The van der Waals surface area contributed by atoms with Gasteiger partial charge in [-0.25, -0.2) is 0 Å². The van der Waals surface area contributed by atoms with Crippen LogP contribution in [0.4, 0.5) is 0 Å². The second kappa shape index (κ2) is 7.45. The van der Waals surface area contributed by atoms with Gasteiger partial charge in [0.2, 0.25) is 0 Å². The normalized spacial score (nSPS) is 11.6. The van der Waals surface area contributed by atoms with Crippen LogP contribution >= 0.6 is 0 Å². The molecule has 102 valence electrons. The summed E-state index contributed by atoms with van der Waals surface area (Å²) in [6.07, 6.45) is 6.43. The van der Waals surface area contributed by atoms with Gasteiger partial charge in [-0.05, 0) is 23.5 Å². The SMILES string of the molecule is CCCCCCCOc1ccccc1C(C)(C)C. The minimum Gasteiger partial charge on any atom is -0.493 e. The van der Waals surface area contributed by atoms with E-state index in [4.69, 9.17) is 4.74 Å². The van der Waals surface area contributed by atoms with Gasteiger partial charge in [0.25, 0.3) is 0 Å². The Morgan fingerprint density at radius 3 is 2.28 bits per heavy atom. The molecule has 0 aliphatic carbocycles. The van der Waals surface area contributed by atoms with Crippen LogP contribution < -0.4 is 4.74 Å². The highest BCUT2D eigenvalue weighted by atomic mass is 16.5. The highest BCUT2D eigenvalue weighted by molar-refractivity contribution is 5.38. The topological polar surface area (TPSA) is 9.23 Å². The second-order valence-electron chi connectivity index (χ2n) is 6.01. The third kappa shape index (κ3) is 5.12. The molecule has 0 saturated carbocycles. The van der Waals surface area contributed by atoms with E-state index in [0.717, 1.165) is 12.4 Å². The number of ether oxygens (including phenoxy) is 1. The first-order chi connectivity index (χ1) is 8.55. The van der Waals surface area contributed by atoms with Gasteiger partial charge in [0.05, 0.1) is 6.61 Å². The van der Waals surface area contributed by atoms with E-state index in [-0.39, 0.29) is 5.41 Å². The van der Waals surface area contributed by atoms with E-state index in [0.29, 0.717) is 0 Å². The monoisotopic (exact) mass is 248 g/mol. The number of unbranched alkanes of at least 4 members (excludes halogenated alkanes) is 4. The van der Waals surface area contributed by atoms with Crippen LogP contribution in [0.3, 0.4) is 0 Å². The summed E-state index contributed by atoms with van der Waals surface area (Å²) in [5, 5.41) is 0. The fourth-order valence-electron chi connectivity index (χ4n) is 2.10. The lowest BCUT2D eigenvalue weighted by molar-refractivity contribution is 0.297. The number of rotatable bonds is 7. The van der Waals surface area contributed by atoms with Gasteiger partial charge in [-0.2, -0.15) is 0 Å². The molecular weight excluding hydrogens is 220 g/mol. The molecule has 0 amide bonds. The van der Waals surface area contributed by atoms with Gasteiger partial charge in [-0.3, -0.25) is 0 Å². The van der Waals surface area contributed by atoms with Gasteiger partial charge < -0.3 is 4.74 Å². The Kier molecular flexibility index (Phi) is 6.24. The molecule has 0 radical (unpaired) electrons. The minimum atomic E-state index is 0.152. The number of hydrogen-bond donors (Lipinski definition) is 0. The maximum absolute atomic E-state index is 5.94. The lowest BCUT2D eigenvalue weighted by Gasteiger charge is -2.22. The highest BCUT2D eigenvalue weighted by Gasteiger charge is 2.17. The standard InChI is InChI=1S/C17H28O/c1-5-6-7-8-11-14-18-16-13-10-9-12-15(16)17(2,3)4/h9-10,12-13H,5-8,11,14H2,1-4H3. The third-order valence-corrected chi connectivity index (χ3v) is 3.20. The number of hydrogen-bond acceptors (Lipinski definition) is 1. The van der Waals surface area contributed by atoms with Crippen LogP contribution in [0, 0.1) is 0 Å². The molecule has 0 atom stereocenters. The minimum absolute atomic E-state index is 0.152. The van der Waals surface area contributed by atoms with Crippen molar-refractivity contribution in [3.63, 3.8) is 0 Å². The fourth-order valence-corrected chi connectivity index (χ4v) is 2.10. The van der Waals surface area contributed by atoms with Crippen LogP contribution in [0.15, 0.2) is 24.3 Å². The number of benzene rings is 1. The lowest BCUT2D eigenvalue weighted by Crippen LogP contribution is -2.13. The molecule has 0 unspecified atom stereocenters. The van der Waals surface area contributed by atoms with Crippen molar-refractivity contribution in [3.8, 4) is 5.75 Å². The van der Waals surface area contributed by atoms with Crippen LogP contribution in [0.1, 0.15) is 65.4 Å². The van der Waals surface area contributed by atoms with E-state index in [1.54, 1.807) is 0 Å². The second-order valence-corrected chi connectivity index (χ2v) is 6.01. The molecule has 1 nitrogen and oxygen atoms in total. The Balaban J connectivity index is 2.43. The zero-order chi connectivity index (χ0) is 13.4. The molecule has 0 heterocycles. The van der Waals surface area contributed by atoms with Gasteiger partial charge in [0.1, 0.15) is 5.75 Å². The molecule has 0 aliphatic heterocycles. The first-order valence-electron chi connectivity index (χ1n) is 7.28. The molecule has 1 aromatic carbocycles. The van der Waals surface area contributed by atoms with E-state index in [2.05, 4.69) is 52.0 Å². The first-order valence-corrected chi connectivity index (χ1v) is 7.28. The maximum Gasteiger partial charge on any atom is 0.123 e. The van der Waals surface area contributed by atoms with E-state index in [1.165, 1.54) is 37.7 Å². The van der Waals surface area contributed by atoms with Crippen molar-refractivity contribution >= 4 is 0 Å². The average molecular weight is 248 g/mol. The van der Waals surface area contributed by atoms with Crippen LogP contribution in [-0.4, -0.2) is 6.61 Å². The quantitative estimate of drug-likeness (QED) is 0.592. The summed E-state index contributed by atoms with van der Waals surface area (Å²) < 4.78 is 5.94. The molecule has 0 spiro atoms. The maximum atomic E-state index is 5.94. The van der Waals surface area contributed by atoms with E-state index in [9.17, 15) is 0 Å². The van der Waals surface area contributed by atoms with Crippen LogP contribution in [0.2, 0.25) is 0 Å². The smallest absolute Gasteiger partial charge is 0.123 e. The van der Waals surface area contributed by atoms with Crippen molar-refractivity contribution < 1.29 is 4.74 Å². The first kappa shape index (κ1) is 15.1. The van der Waals surface area contributed by atoms with Crippen LogP contribution in [-0.2, 0) is 5.41 Å². The summed E-state index contributed by atoms with van der Waals surface area (Å²) in [5.74, 6) is 1.06. The van der Waals surface area contributed by atoms with Crippen molar-refractivity contribution in [2.75, 3.05) is 6.61 Å². The van der Waals surface area contributed by atoms with Crippen molar-refractivity contribution in [1.82, 2.24) is 0 Å². The Hall–Kier alpha value is -0.980. The van der Waals surface area contributed by atoms with E-state index < -0.39 is 0 Å². The summed E-state index contributed by atoms with van der Waals surface area (Å²) in [6, 6.07) is 8.41. The summed E-state index contributed by atoms with van der Waals surface area (Å²) in [5.41, 5.74) is 1.46. The largest absolute Gasteiger partial charge is 0.493 e. The average Bonchev–Trinajstić information content (AvgIpc) is 2.33. The fraction of sp³-hybridized carbons (Fsp3) is 0.647. The summed E-state index contributed by atoms with van der Waals surface area (Å²) >= 11 is 0. The Bertz CT molecular complexity index is 336. The summed E-state index contributed by atoms with van der Waals surface area (Å²) in [4.78, 5) is 0. The predicted molar refractivity (Wildman–Crippen MR) is 79.4 cm³/mol. The van der Waals surface area contributed by atoms with Crippen molar-refractivity contribution in [2.45, 2.75) is 65.2 Å². The zero-order valence-corrected chi connectivity index (χ0v) is 12.5. The molecule has 1 aromatic rings. The van der Waals surface area contributed by atoms with Crippen molar-refractivity contribution in [2.24, 2.45) is 0 Å². The summed E-state index contributed by atoms with van der Waals surface area (Å²) in [6.45, 7) is 9.79. The van der Waals surface area contributed by atoms with Crippen LogP contribution in [0.25, 0.3) is 0 Å². The Morgan fingerprint density at radius 2 is 1.61 bits per heavy atom. The van der Waals surface area contributed by atoms with Gasteiger partial charge in [-0.1, -0.05) is 71.6 Å². The Morgan fingerprint density at radius 1 is 0.944 bits per heavy atom. The number of para-hydroxylation sites is 1.